The number of aromatic nitrogens is 2. The summed E-state index contributed by atoms with van der Waals surface area (Å²) in [6.07, 6.45) is 1.54. The van der Waals surface area contributed by atoms with E-state index in [1.807, 2.05) is 39.0 Å². The number of nitrogens with one attached hydrogen (secondary N) is 2. The van der Waals surface area contributed by atoms with Gasteiger partial charge in [0.15, 0.2) is 0 Å². The lowest BCUT2D eigenvalue weighted by molar-refractivity contribution is 1.08. The van der Waals surface area contributed by atoms with Crippen molar-refractivity contribution in [1.82, 2.24) is 9.97 Å². The molecule has 1 heterocycles. The molecule has 0 saturated heterocycles. The fourth-order valence-corrected chi connectivity index (χ4v) is 2.10. The monoisotopic (exact) mass is 276 g/mol. The zero-order chi connectivity index (χ0) is 13.8. The molecule has 19 heavy (non-hydrogen) atoms. The maximum Gasteiger partial charge on any atom is 0.138 e. The Morgan fingerprint density at radius 2 is 1.89 bits per heavy atom. The van der Waals surface area contributed by atoms with Gasteiger partial charge in [-0.05, 0) is 32.4 Å². The van der Waals surface area contributed by atoms with Gasteiger partial charge in [0.25, 0.3) is 0 Å². The van der Waals surface area contributed by atoms with Crippen molar-refractivity contribution in [1.29, 1.82) is 0 Å². The number of nitrogens with zero attached hydrogens (tertiary/aromatic N) is 2. The number of halogens is 1. The van der Waals surface area contributed by atoms with Gasteiger partial charge >= 0.3 is 0 Å². The number of hydrogen-bond donors (Lipinski definition) is 2. The highest BCUT2D eigenvalue weighted by Gasteiger charge is 2.09. The summed E-state index contributed by atoms with van der Waals surface area (Å²) in [5.41, 5.74) is 2.94. The summed E-state index contributed by atoms with van der Waals surface area (Å²) in [4.78, 5) is 8.50. The van der Waals surface area contributed by atoms with E-state index in [4.69, 9.17) is 11.6 Å². The van der Waals surface area contributed by atoms with Crippen LogP contribution in [0.4, 0.5) is 17.3 Å². The number of para-hydroxylation sites is 1. The van der Waals surface area contributed by atoms with E-state index in [-0.39, 0.29) is 0 Å². The third-order valence-electron chi connectivity index (χ3n) is 2.89. The highest BCUT2D eigenvalue weighted by atomic mass is 35.5. The first-order chi connectivity index (χ1) is 9.13. The van der Waals surface area contributed by atoms with Crippen LogP contribution in [0.1, 0.15) is 18.1 Å². The van der Waals surface area contributed by atoms with Crippen LogP contribution in [-0.2, 0) is 0 Å². The topological polar surface area (TPSA) is 49.8 Å². The van der Waals surface area contributed by atoms with Crippen LogP contribution in [0.3, 0.4) is 0 Å². The maximum absolute atomic E-state index is 6.21. The van der Waals surface area contributed by atoms with Gasteiger partial charge in [-0.1, -0.05) is 23.7 Å². The first-order valence-corrected chi connectivity index (χ1v) is 6.59. The van der Waals surface area contributed by atoms with E-state index in [1.165, 1.54) is 0 Å². The summed E-state index contributed by atoms with van der Waals surface area (Å²) >= 11 is 6.21. The van der Waals surface area contributed by atoms with Gasteiger partial charge in [-0.3, -0.25) is 0 Å². The van der Waals surface area contributed by atoms with Gasteiger partial charge in [-0.25, -0.2) is 9.97 Å². The predicted molar refractivity (Wildman–Crippen MR) is 80.4 cm³/mol. The predicted octanol–water partition coefficient (Wildman–Crippen LogP) is 3.92. The second-order valence-corrected chi connectivity index (χ2v) is 4.69. The second kappa shape index (κ2) is 5.89. The molecule has 0 bridgehead atoms. The molecule has 2 N–H and O–H groups in total. The normalized spacial score (nSPS) is 10.3. The number of benzene rings is 1. The van der Waals surface area contributed by atoms with Crippen molar-refractivity contribution in [3.63, 3.8) is 0 Å². The number of rotatable bonds is 4. The average molecular weight is 277 g/mol. The van der Waals surface area contributed by atoms with Crippen molar-refractivity contribution in [2.75, 3.05) is 17.2 Å². The lowest BCUT2D eigenvalue weighted by atomic mass is 10.2. The van der Waals surface area contributed by atoms with Crippen LogP contribution < -0.4 is 10.6 Å². The number of hydrogen-bond acceptors (Lipinski definition) is 4. The molecule has 2 aromatic rings. The molecule has 2 rings (SSSR count). The van der Waals surface area contributed by atoms with Crippen molar-refractivity contribution in [2.24, 2.45) is 0 Å². The summed E-state index contributed by atoms with van der Waals surface area (Å²) in [6.45, 7) is 6.84. The molecule has 0 saturated carbocycles. The number of anilines is 3. The molecule has 0 fully saturated rings. The second-order valence-electron chi connectivity index (χ2n) is 4.28. The molecule has 4 nitrogen and oxygen atoms in total. The maximum atomic E-state index is 6.21. The molecule has 0 amide bonds. The summed E-state index contributed by atoms with van der Waals surface area (Å²) in [7, 11) is 0. The van der Waals surface area contributed by atoms with Gasteiger partial charge in [0.05, 0.1) is 10.7 Å². The Balaban J connectivity index is 2.36. The minimum absolute atomic E-state index is 0.683. The molecule has 5 heteroatoms. The van der Waals surface area contributed by atoms with Crippen LogP contribution in [-0.4, -0.2) is 16.5 Å². The van der Waals surface area contributed by atoms with Crippen LogP contribution >= 0.6 is 11.6 Å². The Bertz CT molecular complexity index is 563. The first-order valence-electron chi connectivity index (χ1n) is 6.21. The fourth-order valence-electron chi connectivity index (χ4n) is 1.83. The van der Waals surface area contributed by atoms with Crippen LogP contribution in [0, 0.1) is 13.8 Å². The lowest BCUT2D eigenvalue weighted by Crippen LogP contribution is -2.06. The molecule has 0 aliphatic heterocycles. The SMILES string of the molecule is CCNc1ncnc(Nc2c(C)cccc2Cl)c1C. The van der Waals surface area contributed by atoms with E-state index >= 15 is 0 Å². The minimum atomic E-state index is 0.683. The standard InChI is InChI=1S/C14H17ClN4/c1-4-16-13-10(3)14(18-8-17-13)19-12-9(2)6-5-7-11(12)15/h5-8H,4H2,1-3H3,(H2,16,17,18,19). The molecule has 0 spiro atoms. The van der Waals surface area contributed by atoms with Crippen LogP contribution in [0.25, 0.3) is 0 Å². The van der Waals surface area contributed by atoms with E-state index in [1.54, 1.807) is 6.33 Å². The van der Waals surface area contributed by atoms with Gasteiger partial charge in [0, 0.05) is 12.1 Å². The Morgan fingerprint density at radius 3 is 2.58 bits per heavy atom. The molecular formula is C14H17ClN4. The van der Waals surface area contributed by atoms with E-state index < -0.39 is 0 Å². The quantitative estimate of drug-likeness (QED) is 0.889. The van der Waals surface area contributed by atoms with Crippen molar-refractivity contribution < 1.29 is 0 Å². The fraction of sp³-hybridized carbons (Fsp3) is 0.286. The minimum Gasteiger partial charge on any atom is -0.370 e. The molecular weight excluding hydrogens is 260 g/mol. The van der Waals surface area contributed by atoms with Crippen molar-refractivity contribution >= 4 is 28.9 Å². The molecule has 0 unspecified atom stereocenters. The molecule has 100 valence electrons. The first kappa shape index (κ1) is 13.6. The Labute approximate surface area is 118 Å². The largest absolute Gasteiger partial charge is 0.370 e. The van der Waals surface area contributed by atoms with Gasteiger partial charge in [0.2, 0.25) is 0 Å². The zero-order valence-electron chi connectivity index (χ0n) is 11.3. The van der Waals surface area contributed by atoms with E-state index in [9.17, 15) is 0 Å². The molecule has 1 aromatic carbocycles. The van der Waals surface area contributed by atoms with Crippen LogP contribution in [0.15, 0.2) is 24.5 Å². The summed E-state index contributed by atoms with van der Waals surface area (Å²) in [5, 5.41) is 7.17. The van der Waals surface area contributed by atoms with E-state index in [0.29, 0.717) is 5.02 Å². The van der Waals surface area contributed by atoms with E-state index in [0.717, 1.165) is 35.0 Å². The third kappa shape index (κ3) is 2.96. The molecule has 1 aromatic heterocycles. The summed E-state index contributed by atoms with van der Waals surface area (Å²) in [5.74, 6) is 1.60. The number of aryl methyl sites for hydroxylation is 1. The highest BCUT2D eigenvalue weighted by molar-refractivity contribution is 6.33. The van der Waals surface area contributed by atoms with Crippen molar-refractivity contribution in [3.05, 3.63) is 40.7 Å². The smallest absolute Gasteiger partial charge is 0.138 e. The third-order valence-corrected chi connectivity index (χ3v) is 3.21. The molecule has 0 aliphatic rings. The highest BCUT2D eigenvalue weighted by Crippen LogP contribution is 2.30. The summed E-state index contributed by atoms with van der Waals surface area (Å²) in [6, 6.07) is 5.80. The lowest BCUT2D eigenvalue weighted by Gasteiger charge is -2.14. The summed E-state index contributed by atoms with van der Waals surface area (Å²) < 4.78 is 0. The Kier molecular flexibility index (Phi) is 4.22. The van der Waals surface area contributed by atoms with E-state index in [2.05, 4.69) is 20.6 Å². The average Bonchev–Trinajstić information content (AvgIpc) is 2.38. The van der Waals surface area contributed by atoms with Gasteiger partial charge in [-0.2, -0.15) is 0 Å². The molecule has 0 atom stereocenters. The van der Waals surface area contributed by atoms with Crippen molar-refractivity contribution in [2.45, 2.75) is 20.8 Å². The zero-order valence-corrected chi connectivity index (χ0v) is 12.0. The van der Waals surface area contributed by atoms with Gasteiger partial charge < -0.3 is 10.6 Å². The Morgan fingerprint density at radius 1 is 1.16 bits per heavy atom. The van der Waals surface area contributed by atoms with Crippen molar-refractivity contribution in [3.8, 4) is 0 Å². The molecule has 0 aliphatic carbocycles. The Hall–Kier alpha value is -1.81. The van der Waals surface area contributed by atoms with Gasteiger partial charge in [-0.15, -0.1) is 0 Å². The van der Waals surface area contributed by atoms with Crippen LogP contribution in [0.2, 0.25) is 5.02 Å². The van der Waals surface area contributed by atoms with Crippen LogP contribution in [0.5, 0.6) is 0 Å². The van der Waals surface area contributed by atoms with Gasteiger partial charge in [0.1, 0.15) is 18.0 Å². The molecule has 0 radical (unpaired) electrons.